The number of aryl methyl sites for hydroxylation is 1. The molecule has 0 radical (unpaired) electrons. The molecule has 0 saturated heterocycles. The smallest absolute Gasteiger partial charge is 0.260 e. The van der Waals surface area contributed by atoms with Gasteiger partial charge >= 0.3 is 0 Å². The number of methoxy groups -OCH3 is 1. The first-order chi connectivity index (χ1) is 12.7. The molecule has 0 fully saturated rings. The van der Waals surface area contributed by atoms with E-state index in [9.17, 15) is 4.79 Å². The lowest BCUT2D eigenvalue weighted by Gasteiger charge is -2.29. The first-order valence-electron chi connectivity index (χ1n) is 8.90. The third kappa shape index (κ3) is 2.01. The average molecular weight is 348 g/mol. The van der Waals surface area contributed by atoms with Crippen molar-refractivity contribution >= 4 is 16.5 Å². The number of hydrogen-bond donors (Lipinski definition) is 1. The van der Waals surface area contributed by atoms with Crippen LogP contribution in [0.3, 0.4) is 0 Å². The molecular weight excluding hydrogens is 328 g/mol. The molecule has 1 aromatic carbocycles. The van der Waals surface area contributed by atoms with E-state index in [1.165, 1.54) is 10.9 Å². The molecule has 2 aliphatic rings. The quantitative estimate of drug-likeness (QED) is 0.731. The van der Waals surface area contributed by atoms with E-state index in [1.54, 1.807) is 7.11 Å². The first kappa shape index (κ1) is 15.6. The van der Waals surface area contributed by atoms with E-state index >= 15 is 0 Å². The van der Waals surface area contributed by atoms with Gasteiger partial charge in [-0.1, -0.05) is 24.3 Å². The Morgan fingerprint density at radius 1 is 1.35 bits per heavy atom. The number of H-pyrrole nitrogens is 1. The van der Waals surface area contributed by atoms with Crippen LogP contribution in [-0.2, 0) is 22.4 Å². The monoisotopic (exact) mass is 348 g/mol. The summed E-state index contributed by atoms with van der Waals surface area (Å²) < 4.78 is 13.0. The lowest BCUT2D eigenvalue weighted by molar-refractivity contribution is -0.122. The summed E-state index contributed by atoms with van der Waals surface area (Å²) in [6.07, 6.45) is 2.24. The zero-order valence-electron chi connectivity index (χ0n) is 14.8. The normalized spacial score (nSPS) is 20.1. The van der Waals surface area contributed by atoms with Crippen molar-refractivity contribution in [1.29, 1.82) is 0 Å². The number of para-hydroxylation sites is 1. The summed E-state index contributed by atoms with van der Waals surface area (Å²) in [6, 6.07) is 10.4. The highest BCUT2D eigenvalue weighted by Gasteiger charge is 2.31. The number of fused-ring (bicyclic) bond motifs is 6. The summed E-state index contributed by atoms with van der Waals surface area (Å²) in [5.41, 5.74) is 6.95. The highest BCUT2D eigenvalue weighted by molar-refractivity contribution is 5.91. The second-order valence-electron chi connectivity index (χ2n) is 6.78. The highest BCUT2D eigenvalue weighted by Crippen LogP contribution is 2.38. The van der Waals surface area contributed by atoms with Crippen molar-refractivity contribution in [3.8, 4) is 11.4 Å². The van der Waals surface area contributed by atoms with Gasteiger partial charge in [0.15, 0.2) is 6.29 Å². The summed E-state index contributed by atoms with van der Waals surface area (Å²) >= 11 is 0. The summed E-state index contributed by atoms with van der Waals surface area (Å²) in [4.78, 5) is 16.8. The van der Waals surface area contributed by atoms with Crippen LogP contribution in [0.5, 0.6) is 0 Å². The number of hydrogen-bond acceptors (Lipinski definition) is 3. The first-order valence-corrected chi connectivity index (χ1v) is 8.90. The highest BCUT2D eigenvalue weighted by atomic mass is 16.7. The maximum atomic E-state index is 13.3. The molecule has 5 rings (SSSR count). The molecule has 1 atom stereocenters. The fraction of sp³-hybridized carbons (Fsp3) is 0.286. The van der Waals surface area contributed by atoms with Crippen LogP contribution in [0, 0.1) is 0 Å². The lowest BCUT2D eigenvalue weighted by atomic mass is 9.94. The van der Waals surface area contributed by atoms with E-state index in [0.717, 1.165) is 34.5 Å². The van der Waals surface area contributed by atoms with Crippen LogP contribution in [0.2, 0.25) is 0 Å². The molecular formula is C21H20N2O3. The molecule has 132 valence electrons. The molecule has 0 aliphatic carbocycles. The molecule has 1 N–H and O–H groups in total. The Hall–Kier alpha value is -2.63. The minimum absolute atomic E-state index is 0.0206. The van der Waals surface area contributed by atoms with Crippen molar-refractivity contribution in [2.45, 2.75) is 26.2 Å². The molecule has 2 aromatic heterocycles. The number of ether oxygens (including phenoxy) is 2. The van der Waals surface area contributed by atoms with E-state index in [4.69, 9.17) is 9.47 Å². The Balaban J connectivity index is 1.83. The van der Waals surface area contributed by atoms with Crippen molar-refractivity contribution in [1.82, 2.24) is 9.55 Å². The summed E-state index contributed by atoms with van der Waals surface area (Å²) in [6.45, 7) is 3.09. The molecule has 26 heavy (non-hydrogen) atoms. The fourth-order valence-corrected chi connectivity index (χ4v) is 4.24. The van der Waals surface area contributed by atoms with E-state index in [1.807, 2.05) is 23.6 Å². The Morgan fingerprint density at radius 3 is 3.00 bits per heavy atom. The van der Waals surface area contributed by atoms with E-state index in [0.29, 0.717) is 18.7 Å². The largest absolute Gasteiger partial charge is 0.353 e. The molecule has 5 heteroatoms. The molecule has 0 amide bonds. The Bertz CT molecular complexity index is 1120. The lowest BCUT2D eigenvalue weighted by Crippen LogP contribution is -2.34. The van der Waals surface area contributed by atoms with Crippen molar-refractivity contribution in [3.05, 3.63) is 63.5 Å². The summed E-state index contributed by atoms with van der Waals surface area (Å²) in [5, 5.41) is 1.24. The summed E-state index contributed by atoms with van der Waals surface area (Å²) in [7, 11) is 1.58. The minimum Gasteiger partial charge on any atom is -0.353 e. The second kappa shape index (κ2) is 5.69. The van der Waals surface area contributed by atoms with Gasteiger partial charge in [0.25, 0.3) is 5.56 Å². The van der Waals surface area contributed by atoms with Gasteiger partial charge < -0.3 is 19.0 Å². The Morgan fingerprint density at radius 2 is 2.19 bits per heavy atom. The molecule has 2 aliphatic heterocycles. The van der Waals surface area contributed by atoms with Crippen LogP contribution in [0.1, 0.15) is 29.9 Å². The van der Waals surface area contributed by atoms with Crippen molar-refractivity contribution < 1.29 is 9.47 Å². The van der Waals surface area contributed by atoms with E-state index in [-0.39, 0.29) is 5.56 Å². The number of benzene rings is 1. The Labute approximate surface area is 150 Å². The van der Waals surface area contributed by atoms with Gasteiger partial charge in [0, 0.05) is 24.6 Å². The maximum Gasteiger partial charge on any atom is 0.260 e. The number of pyridine rings is 1. The maximum absolute atomic E-state index is 13.3. The summed E-state index contributed by atoms with van der Waals surface area (Å²) in [5.74, 6) is 0. The van der Waals surface area contributed by atoms with Gasteiger partial charge in [0.1, 0.15) is 0 Å². The SMILES string of the molecule is C/C=C1\CO[C@H](OC)c2c1cc1n(c2=O)CCc2c-1[nH]c1ccccc21. The van der Waals surface area contributed by atoms with Crippen molar-refractivity contribution in [2.24, 2.45) is 0 Å². The second-order valence-corrected chi connectivity index (χ2v) is 6.78. The minimum atomic E-state index is -0.608. The topological polar surface area (TPSA) is 56.2 Å². The van der Waals surface area contributed by atoms with Crippen LogP contribution in [0.4, 0.5) is 0 Å². The average Bonchev–Trinajstić information content (AvgIpc) is 3.06. The number of aromatic amines is 1. The van der Waals surface area contributed by atoms with E-state index in [2.05, 4.69) is 29.2 Å². The molecule has 0 bridgehead atoms. The number of allylic oxidation sites excluding steroid dienone is 1. The van der Waals surface area contributed by atoms with Gasteiger partial charge in [-0.05, 0) is 42.2 Å². The number of nitrogens with zero attached hydrogens (tertiary/aromatic N) is 1. The molecule has 3 aromatic rings. The zero-order valence-corrected chi connectivity index (χ0v) is 14.8. The van der Waals surface area contributed by atoms with E-state index < -0.39 is 6.29 Å². The van der Waals surface area contributed by atoms with Crippen LogP contribution < -0.4 is 5.56 Å². The molecule has 4 heterocycles. The third-order valence-corrected chi connectivity index (χ3v) is 5.53. The Kier molecular flexibility index (Phi) is 3.42. The van der Waals surface area contributed by atoms with Gasteiger partial charge in [-0.25, -0.2) is 0 Å². The number of aromatic nitrogens is 2. The molecule has 5 nitrogen and oxygen atoms in total. The van der Waals surface area contributed by atoms with Gasteiger partial charge in [-0.2, -0.15) is 0 Å². The zero-order chi connectivity index (χ0) is 17.8. The van der Waals surface area contributed by atoms with Gasteiger partial charge in [0.2, 0.25) is 0 Å². The van der Waals surface area contributed by atoms with Crippen LogP contribution in [0.15, 0.2) is 41.2 Å². The van der Waals surface area contributed by atoms with Crippen LogP contribution >= 0.6 is 0 Å². The number of rotatable bonds is 1. The molecule has 0 saturated carbocycles. The van der Waals surface area contributed by atoms with Gasteiger partial charge in [0.05, 0.1) is 23.6 Å². The fourth-order valence-electron chi connectivity index (χ4n) is 4.24. The van der Waals surface area contributed by atoms with Crippen LogP contribution in [0.25, 0.3) is 27.9 Å². The van der Waals surface area contributed by atoms with Gasteiger partial charge in [-0.3, -0.25) is 4.79 Å². The standard InChI is InChI=1S/C21H20N2O3/c1-3-12-11-26-21(25-2)18-15(12)10-17-19-14(8-9-23(17)20(18)24)13-6-4-5-7-16(13)22-19/h3-7,10,21-22H,8-9,11H2,1-2H3/b12-3+/t21-/m0/s1. The molecule has 0 spiro atoms. The predicted octanol–water partition coefficient (Wildman–Crippen LogP) is 3.63. The van der Waals surface area contributed by atoms with Crippen molar-refractivity contribution in [3.63, 3.8) is 0 Å². The molecule has 0 unspecified atom stereocenters. The van der Waals surface area contributed by atoms with Crippen LogP contribution in [-0.4, -0.2) is 23.3 Å². The predicted molar refractivity (Wildman–Crippen MR) is 101 cm³/mol. The third-order valence-electron chi connectivity index (χ3n) is 5.53. The van der Waals surface area contributed by atoms with Gasteiger partial charge in [-0.15, -0.1) is 0 Å². The number of nitrogens with one attached hydrogen (secondary N) is 1. The van der Waals surface area contributed by atoms with Crippen molar-refractivity contribution in [2.75, 3.05) is 13.7 Å².